The number of fused-ring (bicyclic) bond motifs is 1. The number of ether oxygens (including phenoxy) is 1. The molecule has 1 aliphatic rings. The number of rotatable bonds is 3. The van der Waals surface area contributed by atoms with Gasteiger partial charge in [0.25, 0.3) is 5.78 Å². The molecule has 1 aliphatic heterocycles. The van der Waals surface area contributed by atoms with E-state index in [2.05, 4.69) is 0 Å². The summed E-state index contributed by atoms with van der Waals surface area (Å²) in [5, 5.41) is 8.89. The molecule has 21 heavy (non-hydrogen) atoms. The highest BCUT2D eigenvalue weighted by molar-refractivity contribution is 6.39. The summed E-state index contributed by atoms with van der Waals surface area (Å²) in [6.45, 7) is 7.16. The maximum Gasteiger partial charge on any atom is 0.373 e. The third-order valence-electron chi connectivity index (χ3n) is 3.74. The molecule has 0 saturated carbocycles. The van der Waals surface area contributed by atoms with Crippen molar-refractivity contribution in [2.24, 2.45) is 5.92 Å². The van der Waals surface area contributed by atoms with Crippen LogP contribution in [0.15, 0.2) is 18.2 Å². The van der Waals surface area contributed by atoms with E-state index in [9.17, 15) is 14.4 Å². The molecule has 1 aromatic carbocycles. The van der Waals surface area contributed by atoms with E-state index in [0.717, 1.165) is 5.56 Å². The highest BCUT2D eigenvalue weighted by atomic mass is 16.5. The van der Waals surface area contributed by atoms with Crippen molar-refractivity contribution >= 4 is 17.5 Å². The van der Waals surface area contributed by atoms with Crippen molar-refractivity contribution in [3.05, 3.63) is 29.3 Å². The minimum atomic E-state index is -1.62. The van der Waals surface area contributed by atoms with Crippen LogP contribution in [0.2, 0.25) is 0 Å². The summed E-state index contributed by atoms with van der Waals surface area (Å²) in [4.78, 5) is 35.2. The fourth-order valence-electron chi connectivity index (χ4n) is 2.56. The van der Waals surface area contributed by atoms with Gasteiger partial charge in [-0.3, -0.25) is 9.59 Å². The van der Waals surface area contributed by atoms with Gasteiger partial charge in [-0.15, -0.1) is 0 Å². The molecule has 2 rings (SSSR count). The van der Waals surface area contributed by atoms with Gasteiger partial charge in [0.1, 0.15) is 17.3 Å². The van der Waals surface area contributed by atoms with E-state index in [1.807, 2.05) is 13.8 Å². The molecule has 0 saturated heterocycles. The second-order valence-corrected chi connectivity index (χ2v) is 6.08. The summed E-state index contributed by atoms with van der Waals surface area (Å²) in [7, 11) is 0. The molecule has 0 spiro atoms. The Labute approximate surface area is 122 Å². The predicted octanol–water partition coefficient (Wildman–Crippen LogP) is 2.43. The van der Waals surface area contributed by atoms with Crippen LogP contribution in [0, 0.1) is 5.92 Å². The number of hydrogen-bond acceptors (Lipinski definition) is 4. The first-order valence-corrected chi connectivity index (χ1v) is 6.79. The van der Waals surface area contributed by atoms with E-state index >= 15 is 0 Å². The lowest BCUT2D eigenvalue weighted by atomic mass is 9.78. The van der Waals surface area contributed by atoms with E-state index in [1.54, 1.807) is 32.0 Å². The molecule has 0 bridgehead atoms. The molecule has 1 N–H and O–H groups in total. The van der Waals surface area contributed by atoms with Gasteiger partial charge < -0.3 is 9.84 Å². The van der Waals surface area contributed by atoms with Gasteiger partial charge in [0.2, 0.25) is 0 Å². The average Bonchev–Trinajstić information content (AvgIpc) is 2.36. The Hall–Kier alpha value is -2.17. The summed E-state index contributed by atoms with van der Waals surface area (Å²) in [5.74, 6) is -3.90. The van der Waals surface area contributed by atoms with Gasteiger partial charge in [0, 0.05) is 0 Å². The van der Waals surface area contributed by atoms with Gasteiger partial charge in [-0.05, 0) is 37.5 Å². The van der Waals surface area contributed by atoms with Crippen LogP contribution in [-0.4, -0.2) is 28.2 Å². The van der Waals surface area contributed by atoms with Crippen LogP contribution in [0.25, 0.3) is 0 Å². The Morgan fingerprint density at radius 2 is 1.90 bits per heavy atom. The highest BCUT2D eigenvalue weighted by Crippen LogP contribution is 2.38. The van der Waals surface area contributed by atoms with Crippen molar-refractivity contribution in [3.63, 3.8) is 0 Å². The summed E-state index contributed by atoms with van der Waals surface area (Å²) in [6, 6.07) is 5.18. The number of carboxylic acids is 1. The average molecular weight is 290 g/mol. The topological polar surface area (TPSA) is 80.7 Å². The number of carbonyl (C=O) groups is 3. The smallest absolute Gasteiger partial charge is 0.373 e. The number of Topliss-reactive ketones (excluding diaryl/α,β-unsaturated/α-hetero) is 2. The molecule has 1 unspecified atom stereocenters. The second kappa shape index (κ2) is 4.98. The first-order chi connectivity index (χ1) is 9.65. The Morgan fingerprint density at radius 3 is 2.43 bits per heavy atom. The zero-order valence-electron chi connectivity index (χ0n) is 12.5. The molecule has 5 nitrogen and oxygen atoms in total. The minimum Gasteiger partial charge on any atom is -0.486 e. The van der Waals surface area contributed by atoms with Crippen LogP contribution in [-0.2, 0) is 9.59 Å². The lowest BCUT2D eigenvalue weighted by molar-refractivity contribution is -0.153. The maximum atomic E-state index is 12.5. The molecule has 0 fully saturated rings. The number of ketones is 2. The van der Waals surface area contributed by atoms with Crippen molar-refractivity contribution in [1.82, 2.24) is 0 Å². The Balaban J connectivity index is 2.52. The fourth-order valence-corrected chi connectivity index (χ4v) is 2.56. The molecule has 0 aromatic heterocycles. The molecule has 1 heterocycles. The van der Waals surface area contributed by atoms with Gasteiger partial charge in [0.05, 0.1) is 5.56 Å². The molecule has 0 aliphatic carbocycles. The van der Waals surface area contributed by atoms with Crippen LogP contribution < -0.4 is 4.74 Å². The maximum absolute atomic E-state index is 12.5. The summed E-state index contributed by atoms with van der Waals surface area (Å²) < 4.78 is 5.76. The molecule has 1 atom stereocenters. The number of hydrogen-bond donors (Lipinski definition) is 1. The standard InChI is InChI=1S/C16H18O5/c1-8(2)9-5-6-10-11(7-9)21-16(3,4)12(13(10)17)14(18)15(19)20/h5-8,12H,1-4H3,(H,19,20). The zero-order chi connectivity index (χ0) is 15.9. The Kier molecular flexibility index (Phi) is 3.61. The number of aliphatic carboxylic acids is 1. The van der Waals surface area contributed by atoms with E-state index in [0.29, 0.717) is 5.75 Å². The third kappa shape index (κ3) is 2.55. The van der Waals surface area contributed by atoms with Gasteiger partial charge in [-0.25, -0.2) is 4.79 Å². The van der Waals surface area contributed by atoms with Gasteiger partial charge in [-0.1, -0.05) is 19.9 Å². The summed E-state index contributed by atoms with van der Waals surface area (Å²) in [6.07, 6.45) is 0. The van der Waals surface area contributed by atoms with E-state index < -0.39 is 29.1 Å². The van der Waals surface area contributed by atoms with Crippen molar-refractivity contribution < 1.29 is 24.2 Å². The lowest BCUT2D eigenvalue weighted by Crippen LogP contribution is -2.51. The molecule has 0 radical (unpaired) electrons. The summed E-state index contributed by atoms with van der Waals surface area (Å²) in [5.41, 5.74) is 0.0912. The van der Waals surface area contributed by atoms with E-state index in [4.69, 9.17) is 9.84 Å². The number of carboxylic acid groups (broad SMARTS) is 1. The van der Waals surface area contributed by atoms with Crippen LogP contribution >= 0.6 is 0 Å². The first kappa shape index (κ1) is 15.2. The Bertz CT molecular complexity index is 628. The van der Waals surface area contributed by atoms with Crippen LogP contribution in [0.1, 0.15) is 49.5 Å². The molecule has 0 amide bonds. The van der Waals surface area contributed by atoms with Crippen molar-refractivity contribution in [3.8, 4) is 5.75 Å². The SMILES string of the molecule is CC(C)c1ccc2c(c1)OC(C)(C)C(C(=O)C(=O)O)C2=O. The Morgan fingerprint density at radius 1 is 1.29 bits per heavy atom. The minimum absolute atomic E-state index is 0.262. The van der Waals surface area contributed by atoms with Crippen molar-refractivity contribution in [2.75, 3.05) is 0 Å². The lowest BCUT2D eigenvalue weighted by Gasteiger charge is -2.37. The predicted molar refractivity (Wildman–Crippen MR) is 75.7 cm³/mol. The van der Waals surface area contributed by atoms with Crippen LogP contribution in [0.4, 0.5) is 0 Å². The van der Waals surface area contributed by atoms with Gasteiger partial charge in [0.15, 0.2) is 5.78 Å². The number of benzene rings is 1. The first-order valence-electron chi connectivity index (χ1n) is 6.79. The summed E-state index contributed by atoms with van der Waals surface area (Å²) >= 11 is 0. The molecule has 5 heteroatoms. The van der Waals surface area contributed by atoms with E-state index in [-0.39, 0.29) is 11.5 Å². The van der Waals surface area contributed by atoms with Crippen LogP contribution in [0.3, 0.4) is 0 Å². The number of carbonyl (C=O) groups excluding carboxylic acids is 2. The monoisotopic (exact) mass is 290 g/mol. The molecular weight excluding hydrogens is 272 g/mol. The molecule has 112 valence electrons. The second-order valence-electron chi connectivity index (χ2n) is 6.08. The quantitative estimate of drug-likeness (QED) is 0.683. The fraction of sp³-hybridized carbons (Fsp3) is 0.438. The van der Waals surface area contributed by atoms with Gasteiger partial charge in [-0.2, -0.15) is 0 Å². The van der Waals surface area contributed by atoms with E-state index in [1.165, 1.54) is 0 Å². The molecular formula is C16H18O5. The van der Waals surface area contributed by atoms with Crippen LogP contribution in [0.5, 0.6) is 5.75 Å². The molecule has 1 aromatic rings. The third-order valence-corrected chi connectivity index (χ3v) is 3.74. The highest BCUT2D eigenvalue weighted by Gasteiger charge is 2.49. The van der Waals surface area contributed by atoms with Crippen molar-refractivity contribution in [2.45, 2.75) is 39.2 Å². The normalized spacial score (nSPS) is 19.9. The zero-order valence-corrected chi connectivity index (χ0v) is 12.5. The largest absolute Gasteiger partial charge is 0.486 e. The van der Waals surface area contributed by atoms with Gasteiger partial charge >= 0.3 is 5.97 Å². The van der Waals surface area contributed by atoms with Crippen molar-refractivity contribution in [1.29, 1.82) is 0 Å².